The second kappa shape index (κ2) is 4.63. The summed E-state index contributed by atoms with van der Waals surface area (Å²) in [4.78, 5) is 1.41. The van der Waals surface area contributed by atoms with E-state index in [4.69, 9.17) is 5.73 Å². The van der Waals surface area contributed by atoms with Crippen LogP contribution in [0.1, 0.15) is 28.3 Å². The van der Waals surface area contributed by atoms with Gasteiger partial charge in [-0.3, -0.25) is 0 Å². The summed E-state index contributed by atoms with van der Waals surface area (Å²) in [5.74, 6) is 0.696. The average molecular weight is 243 g/mol. The fraction of sp³-hybridized carbons (Fsp3) is 0.333. The molecule has 3 rings (SSSR count). The Balaban J connectivity index is 1.59. The van der Waals surface area contributed by atoms with Gasteiger partial charge in [0.1, 0.15) is 0 Å². The molecule has 1 nitrogen and oxygen atoms in total. The Hall–Kier alpha value is -1.12. The van der Waals surface area contributed by atoms with Crippen LogP contribution in [0.2, 0.25) is 0 Å². The molecule has 2 heteroatoms. The van der Waals surface area contributed by atoms with E-state index in [0.717, 1.165) is 12.8 Å². The Kier molecular flexibility index (Phi) is 3.00. The lowest BCUT2D eigenvalue weighted by Gasteiger charge is -2.32. The van der Waals surface area contributed by atoms with Crippen molar-refractivity contribution >= 4 is 11.3 Å². The third-order valence-electron chi connectivity index (χ3n) is 3.59. The van der Waals surface area contributed by atoms with Crippen LogP contribution in [-0.2, 0) is 12.8 Å². The van der Waals surface area contributed by atoms with Crippen molar-refractivity contribution in [2.75, 3.05) is 0 Å². The lowest BCUT2D eigenvalue weighted by atomic mass is 9.74. The van der Waals surface area contributed by atoms with Crippen molar-refractivity contribution in [3.8, 4) is 0 Å². The van der Waals surface area contributed by atoms with Crippen molar-refractivity contribution in [2.45, 2.75) is 31.2 Å². The van der Waals surface area contributed by atoms with Crippen LogP contribution in [0, 0.1) is 0 Å². The van der Waals surface area contributed by atoms with Gasteiger partial charge in [-0.25, -0.2) is 0 Å². The van der Waals surface area contributed by atoms with E-state index in [1.165, 1.54) is 22.4 Å². The molecule has 0 radical (unpaired) electrons. The SMILES string of the molecule is NC(Cc1cccs1)CC1Cc2ccccc21. The normalized spacial score (nSPS) is 19.5. The van der Waals surface area contributed by atoms with E-state index >= 15 is 0 Å². The van der Waals surface area contributed by atoms with E-state index in [1.54, 1.807) is 0 Å². The van der Waals surface area contributed by atoms with Gasteiger partial charge in [0.15, 0.2) is 0 Å². The molecule has 2 aromatic rings. The zero-order valence-electron chi connectivity index (χ0n) is 9.80. The van der Waals surface area contributed by atoms with Crippen LogP contribution in [0.4, 0.5) is 0 Å². The number of nitrogens with two attached hydrogens (primary N) is 1. The quantitative estimate of drug-likeness (QED) is 0.875. The van der Waals surface area contributed by atoms with Crippen LogP contribution in [-0.4, -0.2) is 6.04 Å². The lowest BCUT2D eigenvalue weighted by molar-refractivity contribution is 0.486. The van der Waals surface area contributed by atoms with Crippen LogP contribution in [0.3, 0.4) is 0 Å². The first-order valence-electron chi connectivity index (χ1n) is 6.18. The molecule has 1 aromatic carbocycles. The second-order valence-electron chi connectivity index (χ2n) is 4.88. The Morgan fingerprint density at radius 3 is 2.88 bits per heavy atom. The van der Waals surface area contributed by atoms with Crippen molar-refractivity contribution in [2.24, 2.45) is 5.73 Å². The van der Waals surface area contributed by atoms with Gasteiger partial charge in [0.25, 0.3) is 0 Å². The van der Waals surface area contributed by atoms with Gasteiger partial charge in [0.05, 0.1) is 0 Å². The number of rotatable bonds is 4. The molecule has 17 heavy (non-hydrogen) atoms. The highest BCUT2D eigenvalue weighted by atomic mass is 32.1. The van der Waals surface area contributed by atoms with Crippen molar-refractivity contribution in [1.82, 2.24) is 0 Å². The van der Waals surface area contributed by atoms with Crippen molar-refractivity contribution in [1.29, 1.82) is 0 Å². The number of hydrogen-bond donors (Lipinski definition) is 1. The summed E-state index contributed by atoms with van der Waals surface area (Å²) < 4.78 is 0. The summed E-state index contributed by atoms with van der Waals surface area (Å²) in [7, 11) is 0. The van der Waals surface area contributed by atoms with Gasteiger partial charge in [-0.2, -0.15) is 0 Å². The first-order chi connectivity index (χ1) is 8.33. The summed E-state index contributed by atoms with van der Waals surface area (Å²) in [6, 6.07) is 13.3. The van der Waals surface area contributed by atoms with E-state index in [1.807, 2.05) is 11.3 Å². The molecule has 0 spiro atoms. The Bertz CT molecular complexity index is 489. The molecule has 0 fully saturated rings. The molecule has 0 saturated heterocycles. The fourth-order valence-corrected chi connectivity index (χ4v) is 3.51. The predicted octanol–water partition coefficient (Wildman–Crippen LogP) is 3.35. The van der Waals surface area contributed by atoms with Gasteiger partial charge < -0.3 is 5.73 Å². The first kappa shape index (κ1) is 11.0. The number of hydrogen-bond acceptors (Lipinski definition) is 2. The number of benzene rings is 1. The van der Waals surface area contributed by atoms with Crippen molar-refractivity contribution in [3.63, 3.8) is 0 Å². The zero-order valence-corrected chi connectivity index (χ0v) is 10.6. The summed E-state index contributed by atoms with van der Waals surface area (Å²) in [5.41, 5.74) is 9.28. The highest BCUT2D eigenvalue weighted by Crippen LogP contribution is 2.38. The van der Waals surface area contributed by atoms with Gasteiger partial charge in [-0.15, -0.1) is 11.3 Å². The molecule has 1 aromatic heterocycles. The van der Waals surface area contributed by atoms with E-state index in [9.17, 15) is 0 Å². The van der Waals surface area contributed by atoms with E-state index < -0.39 is 0 Å². The third kappa shape index (κ3) is 2.28. The molecule has 88 valence electrons. The minimum Gasteiger partial charge on any atom is -0.327 e. The van der Waals surface area contributed by atoms with Crippen molar-refractivity contribution < 1.29 is 0 Å². The summed E-state index contributed by atoms with van der Waals surface area (Å²) in [6.07, 6.45) is 3.36. The summed E-state index contributed by atoms with van der Waals surface area (Å²) in [5, 5.41) is 2.13. The zero-order chi connectivity index (χ0) is 11.7. The average Bonchev–Trinajstić information content (AvgIpc) is 2.79. The minimum atomic E-state index is 0.298. The monoisotopic (exact) mass is 243 g/mol. The molecule has 1 aliphatic rings. The Morgan fingerprint density at radius 2 is 2.12 bits per heavy atom. The topological polar surface area (TPSA) is 26.0 Å². The van der Waals surface area contributed by atoms with E-state index in [-0.39, 0.29) is 0 Å². The molecule has 1 aliphatic carbocycles. The molecule has 2 unspecified atom stereocenters. The molecular weight excluding hydrogens is 226 g/mol. The number of thiophene rings is 1. The van der Waals surface area contributed by atoms with Crippen LogP contribution in [0.25, 0.3) is 0 Å². The maximum absolute atomic E-state index is 6.24. The van der Waals surface area contributed by atoms with Crippen LogP contribution < -0.4 is 5.73 Å². The van der Waals surface area contributed by atoms with E-state index in [0.29, 0.717) is 12.0 Å². The fourth-order valence-electron chi connectivity index (χ4n) is 2.71. The van der Waals surface area contributed by atoms with Gasteiger partial charge in [-0.1, -0.05) is 30.3 Å². The minimum absolute atomic E-state index is 0.298. The molecule has 2 N–H and O–H groups in total. The molecule has 0 saturated carbocycles. The molecule has 0 aliphatic heterocycles. The van der Waals surface area contributed by atoms with Gasteiger partial charge in [-0.05, 0) is 47.8 Å². The molecule has 2 atom stereocenters. The Morgan fingerprint density at radius 1 is 1.24 bits per heavy atom. The maximum atomic E-state index is 6.24. The molecule has 0 amide bonds. The second-order valence-corrected chi connectivity index (χ2v) is 5.91. The third-order valence-corrected chi connectivity index (χ3v) is 4.49. The van der Waals surface area contributed by atoms with Gasteiger partial charge >= 0.3 is 0 Å². The maximum Gasteiger partial charge on any atom is 0.00931 e. The first-order valence-corrected chi connectivity index (χ1v) is 7.06. The largest absolute Gasteiger partial charge is 0.327 e. The molecular formula is C15H17NS. The van der Waals surface area contributed by atoms with Crippen molar-refractivity contribution in [3.05, 3.63) is 57.8 Å². The van der Waals surface area contributed by atoms with Gasteiger partial charge in [0.2, 0.25) is 0 Å². The van der Waals surface area contributed by atoms with Crippen LogP contribution in [0.5, 0.6) is 0 Å². The molecule has 1 heterocycles. The lowest BCUT2D eigenvalue weighted by Crippen LogP contribution is -2.29. The van der Waals surface area contributed by atoms with Crippen LogP contribution in [0.15, 0.2) is 41.8 Å². The van der Waals surface area contributed by atoms with Gasteiger partial charge in [0, 0.05) is 10.9 Å². The molecule has 0 bridgehead atoms. The highest BCUT2D eigenvalue weighted by Gasteiger charge is 2.26. The Labute approximate surface area is 106 Å². The van der Waals surface area contributed by atoms with E-state index in [2.05, 4.69) is 41.8 Å². The smallest absolute Gasteiger partial charge is 0.00931 e. The highest BCUT2D eigenvalue weighted by molar-refractivity contribution is 7.09. The predicted molar refractivity (Wildman–Crippen MR) is 73.5 cm³/mol. The van der Waals surface area contributed by atoms with Crippen LogP contribution >= 0.6 is 11.3 Å². The summed E-state index contributed by atoms with van der Waals surface area (Å²) in [6.45, 7) is 0. The summed E-state index contributed by atoms with van der Waals surface area (Å²) >= 11 is 1.81. The standard InChI is InChI=1S/C15H17NS/c16-13(10-14-5-3-7-17-14)9-12-8-11-4-1-2-6-15(11)12/h1-7,12-13H,8-10,16H2. The number of fused-ring (bicyclic) bond motifs is 1.